The highest BCUT2D eigenvalue weighted by molar-refractivity contribution is 7.86. The molecule has 7 nitrogen and oxygen atoms in total. The summed E-state index contributed by atoms with van der Waals surface area (Å²) in [6, 6.07) is 5.73. The van der Waals surface area contributed by atoms with E-state index in [0.29, 0.717) is 16.8 Å². The third-order valence-electron chi connectivity index (χ3n) is 3.57. The molecule has 0 unspecified atom stereocenters. The SMILES string of the molecule is COc1ccnc([C@@H](Cl)[S@](=O)c2nc3ccc(OC(F)F)cc3[nH]2)c1OC. The molecule has 0 amide bonds. The van der Waals surface area contributed by atoms with E-state index in [4.69, 9.17) is 21.1 Å². The van der Waals surface area contributed by atoms with Gasteiger partial charge in [-0.1, -0.05) is 0 Å². The number of methoxy groups -OCH3 is 2. The topological polar surface area (TPSA) is 86.3 Å². The van der Waals surface area contributed by atoms with E-state index in [9.17, 15) is 13.0 Å². The smallest absolute Gasteiger partial charge is 0.387 e. The Morgan fingerprint density at radius 1 is 1.22 bits per heavy atom. The fraction of sp³-hybridized carbons (Fsp3) is 0.250. The number of aromatic nitrogens is 3. The molecule has 0 aliphatic rings. The van der Waals surface area contributed by atoms with Crippen LogP contribution < -0.4 is 14.2 Å². The van der Waals surface area contributed by atoms with Gasteiger partial charge in [-0.3, -0.25) is 4.98 Å². The van der Waals surface area contributed by atoms with Gasteiger partial charge in [-0.05, 0) is 12.1 Å². The van der Waals surface area contributed by atoms with Gasteiger partial charge in [0, 0.05) is 18.3 Å². The van der Waals surface area contributed by atoms with E-state index in [0.717, 1.165) is 0 Å². The van der Waals surface area contributed by atoms with Gasteiger partial charge in [-0.2, -0.15) is 8.78 Å². The van der Waals surface area contributed by atoms with Crippen LogP contribution in [0.5, 0.6) is 17.2 Å². The van der Waals surface area contributed by atoms with Crippen LogP contribution in [0.25, 0.3) is 11.0 Å². The number of benzene rings is 1. The minimum atomic E-state index is -2.95. The summed E-state index contributed by atoms with van der Waals surface area (Å²) in [5.74, 6) is 0.609. The number of aromatic amines is 1. The van der Waals surface area contributed by atoms with Crippen LogP contribution in [0.1, 0.15) is 10.4 Å². The Hall–Kier alpha value is -2.46. The molecule has 3 aromatic rings. The van der Waals surface area contributed by atoms with Gasteiger partial charge < -0.3 is 19.2 Å². The van der Waals surface area contributed by atoms with E-state index in [1.54, 1.807) is 6.07 Å². The fourth-order valence-corrected chi connectivity index (χ4v) is 3.78. The Morgan fingerprint density at radius 3 is 2.67 bits per heavy atom. The summed E-state index contributed by atoms with van der Waals surface area (Å²) in [7, 11) is 1.04. The minimum absolute atomic E-state index is 0.0444. The molecule has 2 aromatic heterocycles. The number of hydrogen-bond donors (Lipinski definition) is 1. The quantitative estimate of drug-likeness (QED) is 0.591. The van der Waals surface area contributed by atoms with Crippen molar-refractivity contribution in [1.82, 2.24) is 15.0 Å². The number of H-pyrrole nitrogens is 1. The summed E-state index contributed by atoms with van der Waals surface area (Å²) >= 11 is 6.35. The Morgan fingerprint density at radius 2 is 2.00 bits per heavy atom. The van der Waals surface area contributed by atoms with Gasteiger partial charge in [-0.15, -0.1) is 11.6 Å². The van der Waals surface area contributed by atoms with Crippen LogP contribution in [0, 0.1) is 0 Å². The molecule has 27 heavy (non-hydrogen) atoms. The Kier molecular flexibility index (Phi) is 5.76. The van der Waals surface area contributed by atoms with Crippen molar-refractivity contribution in [3.05, 3.63) is 36.2 Å². The average molecular weight is 418 g/mol. The number of nitrogens with one attached hydrogen (secondary N) is 1. The van der Waals surface area contributed by atoms with Gasteiger partial charge in [0.2, 0.25) is 0 Å². The third-order valence-corrected chi connectivity index (χ3v) is 5.44. The highest BCUT2D eigenvalue weighted by atomic mass is 35.5. The van der Waals surface area contributed by atoms with Crippen molar-refractivity contribution in [3.63, 3.8) is 0 Å². The summed E-state index contributed by atoms with van der Waals surface area (Å²) < 4.78 is 51.2. The lowest BCUT2D eigenvalue weighted by molar-refractivity contribution is -0.0497. The average Bonchev–Trinajstić information content (AvgIpc) is 3.08. The fourth-order valence-electron chi connectivity index (χ4n) is 2.41. The molecular weight excluding hydrogens is 404 g/mol. The van der Waals surface area contributed by atoms with Gasteiger partial charge in [0.25, 0.3) is 0 Å². The second-order valence-corrected chi connectivity index (χ2v) is 7.29. The zero-order chi connectivity index (χ0) is 19.6. The Bertz CT molecular complexity index is 985. The van der Waals surface area contributed by atoms with Crippen molar-refractivity contribution in [3.8, 4) is 17.2 Å². The van der Waals surface area contributed by atoms with E-state index in [1.165, 1.54) is 38.6 Å². The molecule has 2 heterocycles. The number of pyridine rings is 1. The zero-order valence-corrected chi connectivity index (χ0v) is 15.7. The molecule has 0 spiro atoms. The lowest BCUT2D eigenvalue weighted by Gasteiger charge is -2.14. The predicted molar refractivity (Wildman–Crippen MR) is 95.1 cm³/mol. The second kappa shape index (κ2) is 8.05. The molecule has 0 aliphatic carbocycles. The highest BCUT2D eigenvalue weighted by Crippen LogP contribution is 2.38. The number of imidazole rings is 1. The van der Waals surface area contributed by atoms with Crippen molar-refractivity contribution < 1.29 is 27.2 Å². The van der Waals surface area contributed by atoms with Crippen molar-refractivity contribution in [2.75, 3.05) is 14.2 Å². The number of ether oxygens (including phenoxy) is 3. The minimum Gasteiger partial charge on any atom is -0.493 e. The largest absolute Gasteiger partial charge is 0.493 e. The molecule has 0 fully saturated rings. The molecule has 144 valence electrons. The maximum Gasteiger partial charge on any atom is 0.387 e. The van der Waals surface area contributed by atoms with Crippen molar-refractivity contribution >= 4 is 33.4 Å². The number of hydrogen-bond acceptors (Lipinski definition) is 6. The second-order valence-electron chi connectivity index (χ2n) is 5.14. The normalized spacial score (nSPS) is 13.6. The molecule has 3 rings (SSSR count). The van der Waals surface area contributed by atoms with Crippen LogP contribution in [0.15, 0.2) is 35.6 Å². The summed E-state index contributed by atoms with van der Waals surface area (Å²) in [6.45, 7) is -2.95. The van der Waals surface area contributed by atoms with Gasteiger partial charge in [0.1, 0.15) is 22.2 Å². The maximum absolute atomic E-state index is 12.8. The Labute approximate surface area is 160 Å². The van der Waals surface area contributed by atoms with E-state index in [2.05, 4.69) is 19.7 Å². The van der Waals surface area contributed by atoms with Crippen molar-refractivity contribution in [2.45, 2.75) is 16.5 Å². The van der Waals surface area contributed by atoms with Gasteiger partial charge in [0.15, 0.2) is 21.4 Å². The molecule has 1 N–H and O–H groups in total. The van der Waals surface area contributed by atoms with E-state index >= 15 is 0 Å². The molecule has 0 aliphatic heterocycles. The summed E-state index contributed by atoms with van der Waals surface area (Å²) in [5.41, 5.74) is 1.03. The molecule has 1 aromatic carbocycles. The summed E-state index contributed by atoms with van der Waals surface area (Å²) in [4.78, 5) is 11.1. The lowest BCUT2D eigenvalue weighted by atomic mass is 10.3. The van der Waals surface area contributed by atoms with Crippen LogP contribution in [0.4, 0.5) is 8.78 Å². The van der Waals surface area contributed by atoms with E-state index < -0.39 is 22.1 Å². The van der Waals surface area contributed by atoms with Crippen LogP contribution in [0.3, 0.4) is 0 Å². The molecule has 11 heteroatoms. The number of alkyl halides is 3. The zero-order valence-electron chi connectivity index (χ0n) is 14.1. The predicted octanol–water partition coefficient (Wildman–Crippen LogP) is 3.62. The number of nitrogens with zero attached hydrogens (tertiary/aromatic N) is 2. The summed E-state index contributed by atoms with van der Waals surface area (Å²) in [5, 5.41) is 0.0610. The number of halogens is 3. The lowest BCUT2D eigenvalue weighted by Crippen LogP contribution is -2.07. The molecular formula is C16H14ClF2N3O4S. The molecule has 0 saturated carbocycles. The molecule has 0 radical (unpaired) electrons. The monoisotopic (exact) mass is 417 g/mol. The van der Waals surface area contributed by atoms with Crippen LogP contribution in [-0.4, -0.2) is 40.0 Å². The first-order chi connectivity index (χ1) is 12.9. The van der Waals surface area contributed by atoms with Gasteiger partial charge >= 0.3 is 6.61 Å². The first-order valence-electron chi connectivity index (χ1n) is 7.50. The van der Waals surface area contributed by atoms with Crippen LogP contribution in [-0.2, 0) is 10.8 Å². The standard InChI is InChI=1S/C16H14ClF2N3O4S/c1-24-11-5-6-20-12(13(11)25-2)14(17)27(23)16-21-9-4-3-8(26-15(18)19)7-10(9)22-16/h3-7,14-15H,1-2H3,(H,21,22)/t14-,27-/m0/s1. The van der Waals surface area contributed by atoms with E-state index in [-0.39, 0.29) is 22.3 Å². The number of fused-ring (bicyclic) bond motifs is 1. The molecule has 0 bridgehead atoms. The molecule has 0 saturated heterocycles. The van der Waals surface area contributed by atoms with Gasteiger partial charge in [0.05, 0.1) is 25.3 Å². The van der Waals surface area contributed by atoms with Crippen molar-refractivity contribution in [1.29, 1.82) is 0 Å². The maximum atomic E-state index is 12.8. The first-order valence-corrected chi connectivity index (χ1v) is 9.15. The first kappa shape index (κ1) is 19.3. The Balaban J connectivity index is 1.93. The van der Waals surface area contributed by atoms with Crippen LogP contribution in [0.2, 0.25) is 0 Å². The third kappa shape index (κ3) is 3.96. The van der Waals surface area contributed by atoms with Gasteiger partial charge in [-0.25, -0.2) is 9.19 Å². The number of rotatable bonds is 7. The summed E-state index contributed by atoms with van der Waals surface area (Å²) in [6.07, 6.45) is 1.45. The van der Waals surface area contributed by atoms with Crippen molar-refractivity contribution in [2.24, 2.45) is 0 Å². The highest BCUT2D eigenvalue weighted by Gasteiger charge is 2.27. The van der Waals surface area contributed by atoms with Crippen LogP contribution >= 0.6 is 11.6 Å². The van der Waals surface area contributed by atoms with E-state index in [1.807, 2.05) is 0 Å². The molecule has 2 atom stereocenters.